The van der Waals surface area contributed by atoms with E-state index in [1.807, 2.05) is 36.6 Å². The number of ketones is 1. The summed E-state index contributed by atoms with van der Waals surface area (Å²) in [6.45, 7) is 3.66. The number of Topliss-reactive ketones (excluding diaryl/α,β-unsaturated/α-hetero) is 1. The zero-order chi connectivity index (χ0) is 24.1. The Morgan fingerprint density at radius 2 is 1.79 bits per heavy atom. The minimum absolute atomic E-state index is 0.0269. The molecule has 1 fully saturated rings. The van der Waals surface area contributed by atoms with E-state index in [9.17, 15) is 13.6 Å². The molecular formula is C25H28F2N4O2S. The lowest BCUT2D eigenvalue weighted by atomic mass is 10.0. The topological polar surface area (TPSA) is 60.2 Å². The van der Waals surface area contributed by atoms with Crippen molar-refractivity contribution < 1.29 is 18.3 Å². The molecule has 0 amide bonds. The number of thioether (sulfide) groups is 1. The largest absolute Gasteiger partial charge is 0.435 e. The van der Waals surface area contributed by atoms with Gasteiger partial charge in [-0.15, -0.1) is 10.2 Å². The van der Waals surface area contributed by atoms with Gasteiger partial charge in [0.05, 0.1) is 12.3 Å². The second-order valence-electron chi connectivity index (χ2n) is 8.47. The molecule has 0 aliphatic carbocycles. The van der Waals surface area contributed by atoms with Gasteiger partial charge in [0.15, 0.2) is 16.8 Å². The molecule has 1 aliphatic rings. The third kappa shape index (κ3) is 6.01. The van der Waals surface area contributed by atoms with Crippen LogP contribution in [0.3, 0.4) is 0 Å². The van der Waals surface area contributed by atoms with E-state index in [0.717, 1.165) is 48.6 Å². The summed E-state index contributed by atoms with van der Waals surface area (Å²) in [5.41, 5.74) is 3.43. The molecule has 6 nitrogen and oxygen atoms in total. The summed E-state index contributed by atoms with van der Waals surface area (Å²) in [7, 11) is 0. The van der Waals surface area contributed by atoms with E-state index < -0.39 is 6.61 Å². The van der Waals surface area contributed by atoms with Gasteiger partial charge in [-0.2, -0.15) is 8.78 Å². The summed E-state index contributed by atoms with van der Waals surface area (Å²) in [6.07, 6.45) is 3.54. The zero-order valence-corrected chi connectivity index (χ0v) is 20.2. The predicted octanol–water partition coefficient (Wildman–Crippen LogP) is 5.45. The number of benzene rings is 2. The van der Waals surface area contributed by atoms with Crippen LogP contribution in [-0.2, 0) is 6.54 Å². The van der Waals surface area contributed by atoms with Gasteiger partial charge in [-0.3, -0.25) is 14.3 Å². The van der Waals surface area contributed by atoms with Crippen molar-refractivity contribution in [3.05, 3.63) is 65.0 Å². The Hall–Kier alpha value is -2.78. The molecule has 0 atom stereocenters. The monoisotopic (exact) mass is 486 g/mol. The number of likely N-dealkylation sites (tertiary alicyclic amines) is 1. The molecule has 2 heterocycles. The molecule has 2 aromatic carbocycles. The number of rotatable bonds is 9. The van der Waals surface area contributed by atoms with Crippen LogP contribution in [-0.4, -0.2) is 50.9 Å². The van der Waals surface area contributed by atoms with Crippen LogP contribution in [0.4, 0.5) is 8.78 Å². The Kier molecular flexibility index (Phi) is 7.95. The third-order valence-electron chi connectivity index (χ3n) is 5.86. The van der Waals surface area contributed by atoms with E-state index in [1.165, 1.54) is 30.3 Å². The number of alkyl halides is 2. The first kappa shape index (κ1) is 24.3. The number of aromatic nitrogens is 3. The standard InChI is InChI=1S/C25H28F2N4O2S/c1-17-6-7-18(2)21(14-17)22(32)16-34-25-29-28-23(15-30-12-4-3-5-13-30)31(25)19-8-10-20(11-9-19)33-24(26)27/h6-11,14,24H,3-5,12-13,15-16H2,1-2H3. The van der Waals surface area contributed by atoms with Crippen LogP contribution in [0.5, 0.6) is 5.75 Å². The minimum Gasteiger partial charge on any atom is -0.435 e. The first-order chi connectivity index (χ1) is 16.4. The molecule has 9 heteroatoms. The smallest absolute Gasteiger partial charge is 0.387 e. The SMILES string of the molecule is Cc1ccc(C)c(C(=O)CSc2nnc(CN3CCCCC3)n2-c2ccc(OC(F)F)cc2)c1. The zero-order valence-electron chi connectivity index (χ0n) is 19.3. The highest BCUT2D eigenvalue weighted by Gasteiger charge is 2.20. The number of halogens is 2. The summed E-state index contributed by atoms with van der Waals surface area (Å²) in [4.78, 5) is 15.3. The molecule has 180 valence electrons. The molecule has 0 radical (unpaired) electrons. The molecule has 1 aromatic heterocycles. The molecule has 0 saturated carbocycles. The number of carbonyl (C=O) groups excluding carboxylic acids is 1. The van der Waals surface area contributed by atoms with Crippen molar-refractivity contribution in [2.75, 3.05) is 18.8 Å². The van der Waals surface area contributed by atoms with E-state index in [2.05, 4.69) is 19.8 Å². The molecule has 3 aromatic rings. The minimum atomic E-state index is -2.88. The molecular weight excluding hydrogens is 458 g/mol. The number of piperidine rings is 1. The Morgan fingerprint density at radius 1 is 1.06 bits per heavy atom. The van der Waals surface area contributed by atoms with Crippen LogP contribution in [0.15, 0.2) is 47.6 Å². The first-order valence-corrected chi connectivity index (χ1v) is 12.3. The molecule has 1 saturated heterocycles. The Bertz CT molecular complexity index is 1130. The van der Waals surface area contributed by atoms with Crippen molar-refractivity contribution in [1.29, 1.82) is 0 Å². The van der Waals surface area contributed by atoms with Gasteiger partial charge in [-0.1, -0.05) is 35.9 Å². The van der Waals surface area contributed by atoms with E-state index in [1.54, 1.807) is 12.1 Å². The van der Waals surface area contributed by atoms with Crippen LogP contribution in [0.2, 0.25) is 0 Å². The summed E-state index contributed by atoms with van der Waals surface area (Å²) in [5, 5.41) is 9.40. The van der Waals surface area contributed by atoms with Crippen molar-refractivity contribution in [1.82, 2.24) is 19.7 Å². The molecule has 34 heavy (non-hydrogen) atoms. The highest BCUT2D eigenvalue weighted by molar-refractivity contribution is 7.99. The quantitative estimate of drug-likeness (QED) is 0.296. The van der Waals surface area contributed by atoms with Crippen LogP contribution >= 0.6 is 11.8 Å². The van der Waals surface area contributed by atoms with E-state index in [4.69, 9.17) is 0 Å². The summed E-state index contributed by atoms with van der Waals surface area (Å²) >= 11 is 1.33. The van der Waals surface area contributed by atoms with Gasteiger partial charge in [0.2, 0.25) is 0 Å². The number of hydrogen-bond acceptors (Lipinski definition) is 6. The maximum Gasteiger partial charge on any atom is 0.387 e. The number of hydrogen-bond donors (Lipinski definition) is 0. The van der Waals surface area contributed by atoms with Gasteiger partial charge in [0.25, 0.3) is 0 Å². The third-order valence-corrected chi connectivity index (χ3v) is 6.79. The van der Waals surface area contributed by atoms with Gasteiger partial charge < -0.3 is 4.74 Å². The number of nitrogens with zero attached hydrogens (tertiary/aromatic N) is 4. The highest BCUT2D eigenvalue weighted by Crippen LogP contribution is 2.27. The van der Waals surface area contributed by atoms with Crippen molar-refractivity contribution in [2.45, 2.75) is 51.4 Å². The second-order valence-corrected chi connectivity index (χ2v) is 9.42. The number of ether oxygens (including phenoxy) is 1. The van der Waals surface area contributed by atoms with Crippen LogP contribution in [0, 0.1) is 13.8 Å². The lowest BCUT2D eigenvalue weighted by Gasteiger charge is -2.26. The van der Waals surface area contributed by atoms with E-state index in [-0.39, 0.29) is 17.3 Å². The maximum absolute atomic E-state index is 12.9. The average Bonchev–Trinajstić information content (AvgIpc) is 3.22. The predicted molar refractivity (Wildman–Crippen MR) is 128 cm³/mol. The summed E-state index contributed by atoms with van der Waals surface area (Å²) < 4.78 is 31.5. The van der Waals surface area contributed by atoms with Crippen molar-refractivity contribution in [3.8, 4) is 11.4 Å². The van der Waals surface area contributed by atoms with E-state index in [0.29, 0.717) is 17.3 Å². The van der Waals surface area contributed by atoms with Gasteiger partial charge in [0.1, 0.15) is 5.75 Å². The molecule has 0 spiro atoms. The van der Waals surface area contributed by atoms with Crippen molar-refractivity contribution in [2.24, 2.45) is 0 Å². The average molecular weight is 487 g/mol. The fraction of sp³-hybridized carbons (Fsp3) is 0.400. The van der Waals surface area contributed by atoms with Gasteiger partial charge in [0, 0.05) is 11.3 Å². The Morgan fingerprint density at radius 3 is 2.50 bits per heavy atom. The Balaban J connectivity index is 1.58. The lowest BCUT2D eigenvalue weighted by Crippen LogP contribution is -2.30. The summed E-state index contributed by atoms with van der Waals surface area (Å²) in [5.74, 6) is 1.09. The highest BCUT2D eigenvalue weighted by atomic mass is 32.2. The molecule has 0 bridgehead atoms. The normalized spacial score (nSPS) is 14.5. The molecule has 0 unspecified atom stereocenters. The second kappa shape index (κ2) is 11.1. The summed E-state index contributed by atoms with van der Waals surface area (Å²) in [6, 6.07) is 12.3. The van der Waals surface area contributed by atoms with Crippen LogP contribution in [0.25, 0.3) is 5.69 Å². The molecule has 0 N–H and O–H groups in total. The van der Waals surface area contributed by atoms with Crippen molar-refractivity contribution >= 4 is 17.5 Å². The van der Waals surface area contributed by atoms with Gasteiger partial charge in [-0.05, 0) is 75.7 Å². The van der Waals surface area contributed by atoms with Crippen LogP contribution in [0.1, 0.15) is 46.6 Å². The van der Waals surface area contributed by atoms with Crippen LogP contribution < -0.4 is 4.74 Å². The Labute approximate surface area is 202 Å². The number of carbonyl (C=O) groups is 1. The maximum atomic E-state index is 12.9. The van der Waals surface area contributed by atoms with Gasteiger partial charge in [-0.25, -0.2) is 0 Å². The first-order valence-electron chi connectivity index (χ1n) is 11.4. The fourth-order valence-corrected chi connectivity index (χ4v) is 4.95. The lowest BCUT2D eigenvalue weighted by molar-refractivity contribution is -0.0498. The molecule has 1 aliphatic heterocycles. The molecule has 4 rings (SSSR count). The van der Waals surface area contributed by atoms with Gasteiger partial charge >= 0.3 is 6.61 Å². The van der Waals surface area contributed by atoms with E-state index >= 15 is 0 Å². The number of aryl methyl sites for hydroxylation is 2. The van der Waals surface area contributed by atoms with Crippen molar-refractivity contribution in [3.63, 3.8) is 0 Å². The fourth-order valence-electron chi connectivity index (χ4n) is 4.09.